The summed E-state index contributed by atoms with van der Waals surface area (Å²) >= 11 is 0. The van der Waals surface area contributed by atoms with E-state index in [2.05, 4.69) is 33.0 Å². The van der Waals surface area contributed by atoms with Crippen molar-refractivity contribution in [3.8, 4) is 0 Å². The molecule has 0 aromatic heterocycles. The standard InChI is InChI=1S/C12H25NO2/c1-5-13-11(10-7-8-14-9-10)12(3,4)15-6-2/h10-11,13H,5-9H2,1-4H3. The van der Waals surface area contributed by atoms with E-state index >= 15 is 0 Å². The summed E-state index contributed by atoms with van der Waals surface area (Å²) in [7, 11) is 0. The molecule has 1 saturated heterocycles. The van der Waals surface area contributed by atoms with E-state index in [1.807, 2.05) is 0 Å². The molecule has 3 heteroatoms. The molecule has 1 aliphatic rings. The highest BCUT2D eigenvalue weighted by Crippen LogP contribution is 2.27. The summed E-state index contributed by atoms with van der Waals surface area (Å²) in [5, 5.41) is 3.54. The van der Waals surface area contributed by atoms with Gasteiger partial charge in [-0.05, 0) is 33.7 Å². The second-order valence-corrected chi connectivity index (χ2v) is 4.70. The van der Waals surface area contributed by atoms with Gasteiger partial charge in [0.2, 0.25) is 0 Å². The van der Waals surface area contributed by atoms with Gasteiger partial charge in [0.15, 0.2) is 0 Å². The second kappa shape index (κ2) is 5.83. The molecule has 1 rings (SSSR count). The Labute approximate surface area is 93.5 Å². The maximum Gasteiger partial charge on any atom is 0.0782 e. The molecule has 90 valence electrons. The van der Waals surface area contributed by atoms with E-state index in [0.29, 0.717) is 12.0 Å². The molecule has 1 N–H and O–H groups in total. The molecule has 0 spiro atoms. The SMILES string of the molecule is CCNC(C1CCOC1)C(C)(C)OCC. The van der Waals surface area contributed by atoms with Gasteiger partial charge in [-0.2, -0.15) is 0 Å². The minimum atomic E-state index is -0.108. The Bertz CT molecular complexity index is 176. The molecule has 2 unspecified atom stereocenters. The van der Waals surface area contributed by atoms with Crippen LogP contribution in [0.3, 0.4) is 0 Å². The molecule has 1 heterocycles. The molecule has 0 bridgehead atoms. The van der Waals surface area contributed by atoms with Gasteiger partial charge in [0, 0.05) is 25.2 Å². The lowest BCUT2D eigenvalue weighted by molar-refractivity contribution is -0.0533. The monoisotopic (exact) mass is 215 g/mol. The zero-order valence-corrected chi connectivity index (χ0v) is 10.5. The lowest BCUT2D eigenvalue weighted by Gasteiger charge is -2.38. The van der Waals surface area contributed by atoms with E-state index in [-0.39, 0.29) is 5.60 Å². The summed E-state index contributed by atoms with van der Waals surface area (Å²) in [4.78, 5) is 0. The summed E-state index contributed by atoms with van der Waals surface area (Å²) in [5.74, 6) is 0.589. The van der Waals surface area contributed by atoms with Crippen molar-refractivity contribution in [1.82, 2.24) is 5.32 Å². The molecule has 0 aliphatic carbocycles. The molecule has 1 fully saturated rings. The lowest BCUT2D eigenvalue weighted by atomic mass is 9.86. The fraction of sp³-hybridized carbons (Fsp3) is 1.00. The topological polar surface area (TPSA) is 30.5 Å². The van der Waals surface area contributed by atoms with E-state index in [4.69, 9.17) is 9.47 Å². The zero-order chi connectivity index (χ0) is 11.3. The molecular weight excluding hydrogens is 190 g/mol. The van der Waals surface area contributed by atoms with Crippen LogP contribution in [-0.2, 0) is 9.47 Å². The van der Waals surface area contributed by atoms with Crippen LogP contribution in [0.5, 0.6) is 0 Å². The van der Waals surface area contributed by atoms with Gasteiger partial charge in [-0.3, -0.25) is 0 Å². The first-order valence-corrected chi connectivity index (χ1v) is 6.07. The smallest absolute Gasteiger partial charge is 0.0782 e. The van der Waals surface area contributed by atoms with Crippen LogP contribution < -0.4 is 5.32 Å². The number of hydrogen-bond donors (Lipinski definition) is 1. The predicted molar refractivity (Wildman–Crippen MR) is 62.1 cm³/mol. The third-order valence-corrected chi connectivity index (χ3v) is 3.13. The molecule has 0 aromatic carbocycles. The summed E-state index contributed by atoms with van der Waals surface area (Å²) in [6, 6.07) is 0.393. The van der Waals surface area contributed by atoms with E-state index in [1.165, 1.54) is 0 Å². The van der Waals surface area contributed by atoms with Crippen molar-refractivity contribution in [3.63, 3.8) is 0 Å². The molecule has 0 amide bonds. The fourth-order valence-electron chi connectivity index (χ4n) is 2.48. The highest BCUT2D eigenvalue weighted by molar-refractivity contribution is 4.92. The summed E-state index contributed by atoms with van der Waals surface area (Å²) < 4.78 is 11.3. The van der Waals surface area contributed by atoms with E-state index in [0.717, 1.165) is 32.8 Å². The van der Waals surface area contributed by atoms with Gasteiger partial charge in [-0.25, -0.2) is 0 Å². The maximum absolute atomic E-state index is 5.84. The number of hydrogen-bond acceptors (Lipinski definition) is 3. The average molecular weight is 215 g/mol. The molecule has 3 nitrogen and oxygen atoms in total. The largest absolute Gasteiger partial charge is 0.381 e. The van der Waals surface area contributed by atoms with E-state index in [1.54, 1.807) is 0 Å². The zero-order valence-electron chi connectivity index (χ0n) is 10.5. The first-order chi connectivity index (χ1) is 7.11. The summed E-state index contributed by atoms with van der Waals surface area (Å²) in [5.41, 5.74) is -0.108. The fourth-order valence-corrected chi connectivity index (χ4v) is 2.48. The van der Waals surface area contributed by atoms with Gasteiger partial charge >= 0.3 is 0 Å². The normalized spacial score (nSPS) is 24.4. The number of likely N-dealkylation sites (N-methyl/N-ethyl adjacent to an activating group) is 1. The van der Waals surface area contributed by atoms with Crippen LogP contribution in [0.4, 0.5) is 0 Å². The van der Waals surface area contributed by atoms with Crippen molar-refractivity contribution >= 4 is 0 Å². The van der Waals surface area contributed by atoms with Gasteiger partial charge in [0.05, 0.1) is 12.2 Å². The van der Waals surface area contributed by atoms with Crippen LogP contribution in [0.1, 0.15) is 34.1 Å². The molecule has 1 aliphatic heterocycles. The maximum atomic E-state index is 5.84. The molecule has 0 aromatic rings. The van der Waals surface area contributed by atoms with Crippen LogP contribution in [0.15, 0.2) is 0 Å². The van der Waals surface area contributed by atoms with Crippen molar-refractivity contribution < 1.29 is 9.47 Å². The average Bonchev–Trinajstić information content (AvgIpc) is 2.66. The Morgan fingerprint density at radius 3 is 2.67 bits per heavy atom. The lowest BCUT2D eigenvalue weighted by Crippen LogP contribution is -2.53. The van der Waals surface area contributed by atoms with Crippen LogP contribution >= 0.6 is 0 Å². The number of rotatable bonds is 6. The summed E-state index contributed by atoms with van der Waals surface area (Å²) in [6.07, 6.45) is 1.15. The minimum Gasteiger partial charge on any atom is -0.381 e. The highest BCUT2D eigenvalue weighted by atomic mass is 16.5. The van der Waals surface area contributed by atoms with Gasteiger partial charge in [0.1, 0.15) is 0 Å². The van der Waals surface area contributed by atoms with Gasteiger partial charge in [-0.1, -0.05) is 6.92 Å². The van der Waals surface area contributed by atoms with Crippen LogP contribution in [0.2, 0.25) is 0 Å². The van der Waals surface area contributed by atoms with Crippen molar-refractivity contribution in [1.29, 1.82) is 0 Å². The molecular formula is C12H25NO2. The van der Waals surface area contributed by atoms with Crippen molar-refractivity contribution in [3.05, 3.63) is 0 Å². The van der Waals surface area contributed by atoms with Gasteiger partial charge < -0.3 is 14.8 Å². The van der Waals surface area contributed by atoms with Crippen molar-refractivity contribution in [2.24, 2.45) is 5.92 Å². The highest BCUT2D eigenvalue weighted by Gasteiger charge is 2.37. The Morgan fingerprint density at radius 2 is 2.20 bits per heavy atom. The first kappa shape index (κ1) is 12.9. The first-order valence-electron chi connectivity index (χ1n) is 6.07. The quantitative estimate of drug-likeness (QED) is 0.733. The molecule has 0 saturated carbocycles. The van der Waals surface area contributed by atoms with Gasteiger partial charge in [-0.15, -0.1) is 0 Å². The number of nitrogens with one attached hydrogen (secondary N) is 1. The number of ether oxygens (including phenoxy) is 2. The van der Waals surface area contributed by atoms with Crippen LogP contribution in [0.25, 0.3) is 0 Å². The van der Waals surface area contributed by atoms with E-state index in [9.17, 15) is 0 Å². The van der Waals surface area contributed by atoms with E-state index < -0.39 is 0 Å². The van der Waals surface area contributed by atoms with Gasteiger partial charge in [0.25, 0.3) is 0 Å². The molecule has 15 heavy (non-hydrogen) atoms. The predicted octanol–water partition coefficient (Wildman–Crippen LogP) is 1.82. The molecule has 0 radical (unpaired) electrons. The minimum absolute atomic E-state index is 0.108. The Hall–Kier alpha value is -0.120. The second-order valence-electron chi connectivity index (χ2n) is 4.70. The van der Waals surface area contributed by atoms with Crippen LogP contribution in [0, 0.1) is 5.92 Å². The van der Waals surface area contributed by atoms with Crippen molar-refractivity contribution in [2.45, 2.75) is 45.8 Å². The Kier molecular flexibility index (Phi) is 5.03. The third kappa shape index (κ3) is 3.44. The summed E-state index contributed by atoms with van der Waals surface area (Å²) in [6.45, 7) is 12.0. The Morgan fingerprint density at radius 1 is 1.47 bits per heavy atom. The third-order valence-electron chi connectivity index (χ3n) is 3.13. The Balaban J connectivity index is 2.62. The van der Waals surface area contributed by atoms with Crippen LogP contribution in [-0.4, -0.2) is 38.0 Å². The van der Waals surface area contributed by atoms with Crippen molar-refractivity contribution in [2.75, 3.05) is 26.4 Å². The molecule has 2 atom stereocenters.